The van der Waals surface area contributed by atoms with Crippen LogP contribution >= 0.6 is 11.6 Å². The molecule has 6 heteroatoms. The number of nitrogen functional groups attached to an aromatic ring is 1. The predicted molar refractivity (Wildman–Crippen MR) is 114 cm³/mol. The van der Waals surface area contributed by atoms with Gasteiger partial charge >= 0.3 is 5.97 Å². The summed E-state index contributed by atoms with van der Waals surface area (Å²) in [6, 6.07) is 18.6. The van der Waals surface area contributed by atoms with Gasteiger partial charge in [-0.25, -0.2) is 9.18 Å². The van der Waals surface area contributed by atoms with Crippen LogP contribution < -0.4 is 10.5 Å². The Kier molecular flexibility index (Phi) is 3.93. The number of carbonyl (C=O) groups excluding carboxylic acids is 1. The van der Waals surface area contributed by atoms with Crippen molar-refractivity contribution in [1.29, 1.82) is 0 Å². The van der Waals surface area contributed by atoms with Crippen molar-refractivity contribution in [1.82, 2.24) is 4.98 Å². The van der Waals surface area contributed by atoms with E-state index in [0.717, 1.165) is 32.6 Å². The Labute approximate surface area is 169 Å². The van der Waals surface area contributed by atoms with Crippen LogP contribution in [0.25, 0.3) is 32.6 Å². The molecule has 0 saturated carbocycles. The number of esters is 1. The first-order chi connectivity index (χ1) is 14.0. The molecule has 5 aromatic rings. The SMILES string of the molecule is Nc1ccc(Cl)c(C(=O)Oc2ccc3ccc4c5cc(F)ccc5[nH]c4c3c2)c1. The van der Waals surface area contributed by atoms with E-state index < -0.39 is 5.97 Å². The van der Waals surface area contributed by atoms with Gasteiger partial charge in [-0.1, -0.05) is 29.8 Å². The van der Waals surface area contributed by atoms with Crippen LogP contribution in [0, 0.1) is 5.82 Å². The van der Waals surface area contributed by atoms with Gasteiger partial charge < -0.3 is 15.5 Å². The number of H-pyrrole nitrogens is 1. The molecule has 142 valence electrons. The lowest BCUT2D eigenvalue weighted by atomic mass is 10.1. The Morgan fingerprint density at radius 1 is 0.931 bits per heavy atom. The van der Waals surface area contributed by atoms with Crippen molar-refractivity contribution in [2.45, 2.75) is 0 Å². The van der Waals surface area contributed by atoms with E-state index in [1.54, 1.807) is 30.3 Å². The second-order valence-electron chi connectivity index (χ2n) is 6.81. The average molecular weight is 405 g/mol. The zero-order chi connectivity index (χ0) is 20.1. The summed E-state index contributed by atoms with van der Waals surface area (Å²) in [5.41, 5.74) is 8.05. The lowest BCUT2D eigenvalue weighted by Gasteiger charge is -2.08. The number of carbonyl (C=O) groups is 1. The largest absolute Gasteiger partial charge is 0.423 e. The van der Waals surface area contributed by atoms with E-state index in [1.165, 1.54) is 18.2 Å². The van der Waals surface area contributed by atoms with Crippen molar-refractivity contribution in [2.24, 2.45) is 0 Å². The molecule has 5 rings (SSSR count). The lowest BCUT2D eigenvalue weighted by molar-refractivity contribution is 0.0735. The van der Waals surface area contributed by atoms with Gasteiger partial charge in [0.2, 0.25) is 0 Å². The summed E-state index contributed by atoms with van der Waals surface area (Å²) < 4.78 is 19.2. The van der Waals surface area contributed by atoms with E-state index in [-0.39, 0.29) is 16.4 Å². The van der Waals surface area contributed by atoms with Crippen LogP contribution in [-0.4, -0.2) is 11.0 Å². The van der Waals surface area contributed by atoms with E-state index in [9.17, 15) is 9.18 Å². The van der Waals surface area contributed by atoms with Gasteiger partial charge in [-0.3, -0.25) is 0 Å². The Morgan fingerprint density at radius 2 is 1.76 bits per heavy atom. The minimum Gasteiger partial charge on any atom is -0.423 e. The molecule has 29 heavy (non-hydrogen) atoms. The van der Waals surface area contributed by atoms with Gasteiger partial charge in [0.25, 0.3) is 0 Å². The van der Waals surface area contributed by atoms with Crippen LogP contribution in [0.4, 0.5) is 10.1 Å². The van der Waals surface area contributed by atoms with Gasteiger partial charge in [0.05, 0.1) is 16.1 Å². The summed E-state index contributed by atoms with van der Waals surface area (Å²) in [4.78, 5) is 15.9. The van der Waals surface area contributed by atoms with Gasteiger partial charge in [0, 0.05) is 27.4 Å². The van der Waals surface area contributed by atoms with Crippen LogP contribution in [0.3, 0.4) is 0 Å². The second-order valence-corrected chi connectivity index (χ2v) is 7.22. The van der Waals surface area contributed by atoms with Crippen LogP contribution in [0.5, 0.6) is 5.75 Å². The number of nitrogens with two attached hydrogens (primary N) is 1. The van der Waals surface area contributed by atoms with Crippen molar-refractivity contribution in [3.8, 4) is 5.75 Å². The monoisotopic (exact) mass is 404 g/mol. The maximum Gasteiger partial charge on any atom is 0.345 e. The number of benzene rings is 4. The molecular formula is C23H14ClFN2O2. The van der Waals surface area contributed by atoms with E-state index >= 15 is 0 Å². The van der Waals surface area contributed by atoms with Crippen LogP contribution in [0.1, 0.15) is 10.4 Å². The molecule has 0 atom stereocenters. The smallest absolute Gasteiger partial charge is 0.345 e. The third kappa shape index (κ3) is 2.96. The van der Waals surface area contributed by atoms with Gasteiger partial charge in [-0.15, -0.1) is 0 Å². The summed E-state index contributed by atoms with van der Waals surface area (Å²) >= 11 is 6.10. The first-order valence-corrected chi connectivity index (χ1v) is 9.28. The topological polar surface area (TPSA) is 68.1 Å². The Morgan fingerprint density at radius 3 is 2.62 bits per heavy atom. The fraction of sp³-hybridized carbons (Fsp3) is 0. The molecule has 0 aliphatic carbocycles. The zero-order valence-electron chi connectivity index (χ0n) is 15.0. The molecule has 0 unspecified atom stereocenters. The highest BCUT2D eigenvalue weighted by molar-refractivity contribution is 6.33. The first-order valence-electron chi connectivity index (χ1n) is 8.90. The summed E-state index contributed by atoms with van der Waals surface area (Å²) in [7, 11) is 0. The number of rotatable bonds is 2. The van der Waals surface area contributed by atoms with Gasteiger partial charge in [0.15, 0.2) is 0 Å². The molecule has 3 N–H and O–H groups in total. The number of nitrogens with one attached hydrogen (secondary N) is 1. The second kappa shape index (κ2) is 6.50. The van der Waals surface area contributed by atoms with E-state index in [4.69, 9.17) is 22.1 Å². The minimum atomic E-state index is -0.590. The molecule has 0 amide bonds. The maximum atomic E-state index is 13.7. The van der Waals surface area contributed by atoms with Gasteiger partial charge in [0.1, 0.15) is 11.6 Å². The summed E-state index contributed by atoms with van der Waals surface area (Å²) in [6.07, 6.45) is 0. The Balaban J connectivity index is 1.62. The molecule has 0 bridgehead atoms. The average Bonchev–Trinajstić information content (AvgIpc) is 3.08. The molecule has 0 saturated heterocycles. The molecule has 0 aliphatic heterocycles. The standard InChI is InChI=1S/C23H14ClFN2O2/c24-20-7-4-14(26)10-19(20)23(28)29-15-5-1-12-2-6-16-18-9-13(25)3-8-21(18)27-22(16)17(12)11-15/h1-11,27H,26H2. The highest BCUT2D eigenvalue weighted by Gasteiger charge is 2.15. The molecule has 4 aromatic carbocycles. The van der Waals surface area contributed by atoms with Crippen LogP contribution in [-0.2, 0) is 0 Å². The fourth-order valence-electron chi connectivity index (χ4n) is 3.57. The number of ether oxygens (including phenoxy) is 1. The van der Waals surface area contributed by atoms with Crippen molar-refractivity contribution in [3.63, 3.8) is 0 Å². The molecular weight excluding hydrogens is 391 g/mol. The lowest BCUT2D eigenvalue weighted by Crippen LogP contribution is -2.09. The minimum absolute atomic E-state index is 0.200. The van der Waals surface area contributed by atoms with Crippen LogP contribution in [0.2, 0.25) is 5.02 Å². The summed E-state index contributed by atoms with van der Waals surface area (Å²) in [5, 5.41) is 3.80. The number of fused-ring (bicyclic) bond motifs is 5. The summed E-state index contributed by atoms with van der Waals surface area (Å²) in [6.45, 7) is 0. The molecule has 0 fully saturated rings. The molecule has 4 nitrogen and oxygen atoms in total. The quantitative estimate of drug-likeness (QED) is 0.213. The van der Waals surface area contributed by atoms with E-state index in [2.05, 4.69) is 4.98 Å². The Hall–Kier alpha value is -3.57. The van der Waals surface area contributed by atoms with Gasteiger partial charge in [-0.05, 0) is 53.9 Å². The maximum absolute atomic E-state index is 13.7. The van der Waals surface area contributed by atoms with E-state index in [0.29, 0.717) is 11.4 Å². The number of anilines is 1. The summed E-state index contributed by atoms with van der Waals surface area (Å²) in [5.74, 6) is -0.508. The third-order valence-electron chi connectivity index (χ3n) is 4.95. The van der Waals surface area contributed by atoms with Crippen molar-refractivity contribution < 1.29 is 13.9 Å². The van der Waals surface area contributed by atoms with Crippen molar-refractivity contribution >= 4 is 55.8 Å². The Bertz CT molecular complexity index is 1440. The number of hydrogen-bond acceptors (Lipinski definition) is 3. The van der Waals surface area contributed by atoms with Gasteiger partial charge in [-0.2, -0.15) is 0 Å². The number of aromatic nitrogens is 1. The van der Waals surface area contributed by atoms with Crippen molar-refractivity contribution in [2.75, 3.05) is 5.73 Å². The first kappa shape index (κ1) is 17.5. The predicted octanol–water partition coefficient (Wildman–Crippen LogP) is 6.07. The molecule has 0 aliphatic rings. The van der Waals surface area contributed by atoms with E-state index in [1.807, 2.05) is 18.2 Å². The fourth-order valence-corrected chi connectivity index (χ4v) is 3.76. The number of hydrogen-bond donors (Lipinski definition) is 2. The number of halogens is 2. The molecule has 0 radical (unpaired) electrons. The van der Waals surface area contributed by atoms with Crippen LogP contribution in [0.15, 0.2) is 66.7 Å². The normalized spacial score (nSPS) is 11.4. The molecule has 1 heterocycles. The highest BCUT2D eigenvalue weighted by Crippen LogP contribution is 2.33. The van der Waals surface area contributed by atoms with Crippen molar-refractivity contribution in [3.05, 3.63) is 83.1 Å². The molecule has 0 spiro atoms. The third-order valence-corrected chi connectivity index (χ3v) is 5.27. The highest BCUT2D eigenvalue weighted by atomic mass is 35.5. The number of aromatic amines is 1. The molecule has 1 aromatic heterocycles. The zero-order valence-corrected chi connectivity index (χ0v) is 15.8.